The van der Waals surface area contributed by atoms with Gasteiger partial charge in [0.1, 0.15) is 17.2 Å². The molecule has 5 N–H and O–H groups in total. The number of fused-ring (bicyclic) bond motifs is 3. The maximum Gasteiger partial charge on any atom is 0.339 e. The molecule has 3 aromatic rings. The van der Waals surface area contributed by atoms with Crippen LogP contribution < -0.4 is 10.6 Å². The lowest BCUT2D eigenvalue weighted by Crippen LogP contribution is -2.51. The molecule has 2 aromatic carbocycles. The zero-order valence-electron chi connectivity index (χ0n) is 17.8. The van der Waals surface area contributed by atoms with Crippen molar-refractivity contribution in [2.75, 3.05) is 6.29 Å². The number of aliphatic carboxylic acids is 1. The van der Waals surface area contributed by atoms with Gasteiger partial charge in [-0.05, 0) is 36.5 Å². The predicted octanol–water partition coefficient (Wildman–Crippen LogP) is 2.84. The number of carbonyl (C=O) groups excluding carboxylic acids is 1. The fraction of sp³-hybridized carbons (Fsp3) is 0.364. The molecule has 2 atom stereocenters. The third-order valence-electron chi connectivity index (χ3n) is 5.06. The Hall–Kier alpha value is -2.71. The Bertz CT molecular complexity index is 1170. The summed E-state index contributed by atoms with van der Waals surface area (Å²) in [7, 11) is -4.42. The molecule has 172 valence electrons. The Morgan fingerprint density at radius 2 is 1.72 bits per heavy atom. The summed E-state index contributed by atoms with van der Waals surface area (Å²) in [6.07, 6.45) is -0.385. The highest BCUT2D eigenvalue weighted by Crippen LogP contribution is 2.33. The quantitative estimate of drug-likeness (QED) is 0.289. The molecule has 0 aliphatic rings. The molecule has 1 amide bonds. The summed E-state index contributed by atoms with van der Waals surface area (Å²) in [5, 5.41) is 16.4. The zero-order valence-corrected chi connectivity index (χ0v) is 18.7. The van der Waals surface area contributed by atoms with Crippen LogP contribution in [0.2, 0.25) is 0 Å². The number of rotatable bonds is 10. The number of amides is 1. The van der Waals surface area contributed by atoms with E-state index in [4.69, 9.17) is 4.42 Å². The van der Waals surface area contributed by atoms with E-state index >= 15 is 0 Å². The van der Waals surface area contributed by atoms with Crippen molar-refractivity contribution in [3.63, 3.8) is 0 Å². The van der Waals surface area contributed by atoms with E-state index in [0.29, 0.717) is 11.1 Å². The van der Waals surface area contributed by atoms with Gasteiger partial charge < -0.3 is 24.6 Å². The molecular formula is C22H27N2O7P. The van der Waals surface area contributed by atoms with Gasteiger partial charge in [-0.25, -0.2) is 4.79 Å². The van der Waals surface area contributed by atoms with E-state index in [1.165, 1.54) is 0 Å². The molecular weight excluding hydrogens is 435 g/mol. The minimum atomic E-state index is -4.42. The normalized spacial score (nSPS) is 14.0. The first kappa shape index (κ1) is 23.9. The summed E-state index contributed by atoms with van der Waals surface area (Å²) in [6.45, 7) is 3.68. The van der Waals surface area contributed by atoms with Crippen molar-refractivity contribution >= 4 is 41.4 Å². The molecule has 1 aromatic heterocycles. The molecule has 0 aliphatic heterocycles. The average molecular weight is 462 g/mol. The molecule has 0 fully saturated rings. The second-order valence-electron chi connectivity index (χ2n) is 8.24. The van der Waals surface area contributed by atoms with E-state index in [2.05, 4.69) is 10.6 Å². The van der Waals surface area contributed by atoms with Crippen molar-refractivity contribution in [3.8, 4) is 0 Å². The molecule has 0 saturated carbocycles. The molecule has 0 aliphatic carbocycles. The van der Waals surface area contributed by atoms with Crippen molar-refractivity contribution in [2.24, 2.45) is 5.92 Å². The number of carboxylic acids is 1. The highest BCUT2D eigenvalue weighted by molar-refractivity contribution is 7.51. The van der Waals surface area contributed by atoms with Crippen LogP contribution in [0.25, 0.3) is 21.9 Å². The minimum absolute atomic E-state index is 0.0356. The maximum absolute atomic E-state index is 12.9. The lowest BCUT2D eigenvalue weighted by Gasteiger charge is -2.22. The predicted molar refractivity (Wildman–Crippen MR) is 120 cm³/mol. The first-order valence-corrected chi connectivity index (χ1v) is 12.0. The van der Waals surface area contributed by atoms with Gasteiger partial charge in [-0.2, -0.15) is 0 Å². The topological polar surface area (TPSA) is 149 Å². The number of para-hydroxylation sites is 1. The van der Waals surface area contributed by atoms with Gasteiger partial charge in [-0.15, -0.1) is 0 Å². The Balaban J connectivity index is 1.84. The number of furan rings is 1. The van der Waals surface area contributed by atoms with E-state index in [-0.39, 0.29) is 18.8 Å². The molecule has 0 radical (unpaired) electrons. The molecule has 1 unspecified atom stereocenters. The lowest BCUT2D eigenvalue weighted by atomic mass is 10.0. The first-order chi connectivity index (χ1) is 15.0. The highest BCUT2D eigenvalue weighted by atomic mass is 31.2. The fourth-order valence-corrected chi connectivity index (χ4v) is 4.04. The summed E-state index contributed by atoms with van der Waals surface area (Å²) in [5.41, 5.74) is 2.05. The maximum atomic E-state index is 12.9. The lowest BCUT2D eigenvalue weighted by molar-refractivity contribution is -0.142. The van der Waals surface area contributed by atoms with Crippen LogP contribution in [-0.2, 0) is 20.6 Å². The van der Waals surface area contributed by atoms with E-state index in [9.17, 15) is 29.0 Å². The number of nitrogens with one attached hydrogen (secondary N) is 2. The van der Waals surface area contributed by atoms with Crippen LogP contribution >= 0.6 is 7.60 Å². The van der Waals surface area contributed by atoms with Crippen molar-refractivity contribution in [2.45, 2.75) is 38.8 Å². The molecule has 0 spiro atoms. The van der Waals surface area contributed by atoms with Gasteiger partial charge in [0.2, 0.25) is 5.91 Å². The molecule has 3 rings (SSSR count). The Labute approximate surface area is 185 Å². The molecule has 10 heteroatoms. The summed E-state index contributed by atoms with van der Waals surface area (Å²) >= 11 is 0. The number of carbonyl (C=O) groups is 2. The monoisotopic (exact) mass is 462 g/mol. The van der Waals surface area contributed by atoms with Gasteiger partial charge in [-0.3, -0.25) is 14.7 Å². The minimum Gasteiger partial charge on any atom is -0.480 e. The standard InChI is InChI=1S/C22H27N2O7P/c1-13(2)9-18(22(26)27)24-21(25)17(23-12-32(28,29)30)10-14-7-8-16-15-5-3-4-6-19(15)31-20(16)11-14/h3-8,11,13,17-18,23H,9-10,12H2,1-2H3,(H,24,25)(H,26,27)(H2,28,29,30)/t17-,18?/m0/s1. The first-order valence-electron chi connectivity index (χ1n) is 10.2. The third-order valence-corrected chi connectivity index (χ3v) is 5.66. The van der Waals surface area contributed by atoms with E-state index in [1.807, 2.05) is 50.2 Å². The zero-order chi connectivity index (χ0) is 23.5. The van der Waals surface area contributed by atoms with Gasteiger partial charge in [0.25, 0.3) is 0 Å². The molecule has 9 nitrogen and oxygen atoms in total. The van der Waals surface area contributed by atoms with Gasteiger partial charge in [-0.1, -0.05) is 44.2 Å². The highest BCUT2D eigenvalue weighted by Gasteiger charge is 2.28. The van der Waals surface area contributed by atoms with Crippen LogP contribution in [0.5, 0.6) is 0 Å². The molecule has 32 heavy (non-hydrogen) atoms. The summed E-state index contributed by atoms with van der Waals surface area (Å²) in [6, 6.07) is 10.9. The second-order valence-corrected chi connectivity index (χ2v) is 9.89. The Kier molecular flexibility index (Phi) is 7.36. The summed E-state index contributed by atoms with van der Waals surface area (Å²) < 4.78 is 17.2. The smallest absolute Gasteiger partial charge is 0.339 e. The van der Waals surface area contributed by atoms with Crippen LogP contribution in [0.1, 0.15) is 25.8 Å². The van der Waals surface area contributed by atoms with Crippen molar-refractivity contribution in [3.05, 3.63) is 48.0 Å². The Morgan fingerprint density at radius 1 is 1.03 bits per heavy atom. The van der Waals surface area contributed by atoms with Crippen LogP contribution in [0.15, 0.2) is 46.9 Å². The SMILES string of the molecule is CC(C)CC(NC(=O)[C@H](Cc1ccc2c(c1)oc1ccccc12)NCP(=O)(O)O)C(=O)O. The van der Waals surface area contributed by atoms with Gasteiger partial charge in [0.15, 0.2) is 0 Å². The van der Waals surface area contributed by atoms with Crippen molar-refractivity contribution in [1.29, 1.82) is 0 Å². The van der Waals surface area contributed by atoms with E-state index in [1.54, 1.807) is 6.07 Å². The number of benzene rings is 2. The summed E-state index contributed by atoms with van der Waals surface area (Å²) in [4.78, 5) is 42.8. The fourth-order valence-electron chi connectivity index (χ4n) is 3.58. The van der Waals surface area contributed by atoms with Crippen LogP contribution in [0.3, 0.4) is 0 Å². The molecule has 0 bridgehead atoms. The molecule has 1 heterocycles. The van der Waals surface area contributed by atoms with Crippen molar-refractivity contribution in [1.82, 2.24) is 10.6 Å². The summed E-state index contributed by atoms with van der Waals surface area (Å²) in [5.74, 6) is -1.77. The molecule has 0 saturated heterocycles. The van der Waals surface area contributed by atoms with Gasteiger partial charge >= 0.3 is 13.6 Å². The number of carboxylic acid groups (broad SMARTS) is 1. The Morgan fingerprint density at radius 3 is 2.38 bits per heavy atom. The van der Waals surface area contributed by atoms with Crippen LogP contribution in [0.4, 0.5) is 0 Å². The average Bonchev–Trinajstić information content (AvgIpc) is 3.07. The third kappa shape index (κ3) is 6.17. The van der Waals surface area contributed by atoms with Gasteiger partial charge in [0, 0.05) is 10.8 Å². The van der Waals surface area contributed by atoms with Gasteiger partial charge in [0.05, 0.1) is 12.3 Å². The van der Waals surface area contributed by atoms with Crippen molar-refractivity contribution < 1.29 is 33.5 Å². The van der Waals surface area contributed by atoms with E-state index in [0.717, 1.165) is 16.4 Å². The number of hydrogen-bond acceptors (Lipinski definition) is 5. The second kappa shape index (κ2) is 9.83. The largest absolute Gasteiger partial charge is 0.480 e. The number of hydrogen-bond donors (Lipinski definition) is 5. The van der Waals surface area contributed by atoms with Crippen LogP contribution in [0, 0.1) is 5.92 Å². The van der Waals surface area contributed by atoms with Crippen LogP contribution in [-0.4, -0.2) is 45.1 Å². The van der Waals surface area contributed by atoms with E-state index < -0.39 is 37.8 Å².